The van der Waals surface area contributed by atoms with E-state index in [0.29, 0.717) is 0 Å². The van der Waals surface area contributed by atoms with Crippen LogP contribution in [0, 0.1) is 16.7 Å². The SMILES string of the molecule is CC(C)(C)C(CC(F)(F)F)C(C)(C)C. The smallest absolute Gasteiger partial charge is 0.171 e. The fourth-order valence-electron chi connectivity index (χ4n) is 2.14. The standard InChI is InChI=1S/C11H21F3/c1-9(2,3)8(10(4,5)6)7-11(12,13)14/h8H,7H2,1-6H3. The van der Waals surface area contributed by atoms with Gasteiger partial charge in [0.1, 0.15) is 0 Å². The van der Waals surface area contributed by atoms with Crippen molar-refractivity contribution in [1.29, 1.82) is 0 Å². The maximum Gasteiger partial charge on any atom is 0.389 e. The third kappa shape index (κ3) is 4.87. The summed E-state index contributed by atoms with van der Waals surface area (Å²) in [4.78, 5) is 0. The van der Waals surface area contributed by atoms with E-state index in [1.165, 1.54) is 0 Å². The molecule has 0 aliphatic carbocycles. The van der Waals surface area contributed by atoms with Crippen molar-refractivity contribution in [3.8, 4) is 0 Å². The molecule has 0 amide bonds. The average Bonchev–Trinajstić information content (AvgIpc) is 1.75. The van der Waals surface area contributed by atoms with Crippen molar-refractivity contribution in [3.63, 3.8) is 0 Å². The van der Waals surface area contributed by atoms with Crippen molar-refractivity contribution in [3.05, 3.63) is 0 Å². The Labute approximate surface area is 84.9 Å². The first kappa shape index (κ1) is 13.8. The summed E-state index contributed by atoms with van der Waals surface area (Å²) in [6.07, 6.45) is -4.76. The summed E-state index contributed by atoms with van der Waals surface area (Å²) < 4.78 is 37.1. The molecule has 0 saturated carbocycles. The summed E-state index contributed by atoms with van der Waals surface area (Å²) in [6.45, 7) is 11.2. The molecule has 3 heteroatoms. The fourth-order valence-corrected chi connectivity index (χ4v) is 2.14. The molecule has 0 atom stereocenters. The molecule has 0 aliphatic rings. The third-order valence-electron chi connectivity index (χ3n) is 2.53. The second-order valence-electron chi connectivity index (χ2n) is 6.10. The molecular formula is C11H21F3. The van der Waals surface area contributed by atoms with Gasteiger partial charge in [-0.05, 0) is 16.7 Å². The first-order chi connectivity index (χ1) is 5.84. The molecular weight excluding hydrogens is 189 g/mol. The zero-order chi connectivity index (χ0) is 11.8. The van der Waals surface area contributed by atoms with E-state index in [0.717, 1.165) is 0 Å². The lowest BCUT2D eigenvalue weighted by atomic mass is 9.65. The minimum absolute atomic E-state index is 0.312. The van der Waals surface area contributed by atoms with Gasteiger partial charge in [0.2, 0.25) is 0 Å². The molecule has 0 spiro atoms. The van der Waals surface area contributed by atoms with Gasteiger partial charge < -0.3 is 0 Å². The summed E-state index contributed by atoms with van der Waals surface area (Å²) >= 11 is 0. The van der Waals surface area contributed by atoms with Crippen LogP contribution in [-0.2, 0) is 0 Å². The summed E-state index contributed by atoms with van der Waals surface area (Å²) in [5.74, 6) is -0.352. The predicted molar refractivity (Wildman–Crippen MR) is 53.1 cm³/mol. The Hall–Kier alpha value is -0.210. The topological polar surface area (TPSA) is 0 Å². The van der Waals surface area contributed by atoms with Crippen molar-refractivity contribution in [1.82, 2.24) is 0 Å². The molecule has 0 aromatic carbocycles. The Morgan fingerprint density at radius 1 is 0.786 bits per heavy atom. The summed E-state index contributed by atoms with van der Waals surface area (Å²) in [5.41, 5.74) is -0.623. The van der Waals surface area contributed by atoms with Gasteiger partial charge in [0.15, 0.2) is 0 Å². The number of hydrogen-bond acceptors (Lipinski definition) is 0. The van der Waals surface area contributed by atoms with Crippen LogP contribution in [-0.4, -0.2) is 6.18 Å². The lowest BCUT2D eigenvalue weighted by Crippen LogP contribution is -2.36. The molecule has 0 aliphatic heterocycles. The van der Waals surface area contributed by atoms with Crippen molar-refractivity contribution >= 4 is 0 Å². The number of halogens is 3. The van der Waals surface area contributed by atoms with Gasteiger partial charge in [0.25, 0.3) is 0 Å². The monoisotopic (exact) mass is 210 g/mol. The second kappa shape index (κ2) is 3.74. The molecule has 0 fully saturated rings. The van der Waals surface area contributed by atoms with Crippen molar-refractivity contribution in [2.75, 3.05) is 0 Å². The lowest BCUT2D eigenvalue weighted by Gasteiger charge is -2.41. The Kier molecular flexibility index (Phi) is 3.69. The van der Waals surface area contributed by atoms with Crippen molar-refractivity contribution in [2.24, 2.45) is 16.7 Å². The Morgan fingerprint density at radius 2 is 1.07 bits per heavy atom. The van der Waals surface area contributed by atoms with Gasteiger partial charge in [0.05, 0.1) is 0 Å². The van der Waals surface area contributed by atoms with Gasteiger partial charge in [-0.25, -0.2) is 0 Å². The van der Waals surface area contributed by atoms with Crippen molar-refractivity contribution in [2.45, 2.75) is 54.1 Å². The molecule has 0 saturated heterocycles. The molecule has 0 heterocycles. The maximum absolute atomic E-state index is 12.4. The largest absolute Gasteiger partial charge is 0.389 e. The number of rotatable bonds is 1. The molecule has 14 heavy (non-hydrogen) atoms. The molecule has 0 bridgehead atoms. The molecule has 0 radical (unpaired) electrons. The highest BCUT2D eigenvalue weighted by Gasteiger charge is 2.42. The summed E-state index contributed by atoms with van der Waals surface area (Å²) in [5, 5.41) is 0. The highest BCUT2D eigenvalue weighted by Crippen LogP contribution is 2.45. The zero-order valence-electron chi connectivity index (χ0n) is 9.92. The van der Waals surface area contributed by atoms with Crippen LogP contribution in [0.2, 0.25) is 0 Å². The molecule has 0 N–H and O–H groups in total. The van der Waals surface area contributed by atoms with E-state index in [9.17, 15) is 13.2 Å². The predicted octanol–water partition coefficient (Wildman–Crippen LogP) is 4.65. The molecule has 0 aromatic rings. The second-order valence-corrected chi connectivity index (χ2v) is 6.10. The van der Waals surface area contributed by atoms with Gasteiger partial charge in [-0.1, -0.05) is 41.5 Å². The summed E-state index contributed by atoms with van der Waals surface area (Å²) in [6, 6.07) is 0. The van der Waals surface area contributed by atoms with E-state index in [-0.39, 0.29) is 16.7 Å². The van der Waals surface area contributed by atoms with Gasteiger partial charge in [0, 0.05) is 6.42 Å². The van der Waals surface area contributed by atoms with Crippen LogP contribution in [0.1, 0.15) is 48.0 Å². The molecule has 0 aromatic heterocycles. The number of alkyl halides is 3. The zero-order valence-corrected chi connectivity index (χ0v) is 9.92. The highest BCUT2D eigenvalue weighted by molar-refractivity contribution is 4.85. The van der Waals surface area contributed by atoms with Crippen LogP contribution < -0.4 is 0 Å². The number of hydrogen-bond donors (Lipinski definition) is 0. The quantitative estimate of drug-likeness (QED) is 0.591. The third-order valence-corrected chi connectivity index (χ3v) is 2.53. The van der Waals surface area contributed by atoms with Crippen LogP contribution in [0.15, 0.2) is 0 Å². The average molecular weight is 210 g/mol. The van der Waals surface area contributed by atoms with E-state index in [2.05, 4.69) is 0 Å². The van der Waals surface area contributed by atoms with Crippen LogP contribution in [0.4, 0.5) is 13.2 Å². The Bertz CT molecular complexity index is 164. The lowest BCUT2D eigenvalue weighted by molar-refractivity contribution is -0.163. The van der Waals surface area contributed by atoms with Crippen LogP contribution >= 0.6 is 0 Å². The first-order valence-corrected chi connectivity index (χ1v) is 4.91. The Balaban J connectivity index is 4.78. The van der Waals surface area contributed by atoms with Gasteiger partial charge in [-0.3, -0.25) is 0 Å². The fraction of sp³-hybridized carbons (Fsp3) is 1.00. The van der Waals surface area contributed by atoms with Gasteiger partial charge in [-0.15, -0.1) is 0 Å². The maximum atomic E-state index is 12.4. The highest BCUT2D eigenvalue weighted by atomic mass is 19.4. The van der Waals surface area contributed by atoms with Gasteiger partial charge in [-0.2, -0.15) is 13.2 Å². The normalized spacial score (nSPS) is 15.0. The molecule has 0 rings (SSSR count). The van der Waals surface area contributed by atoms with Crippen molar-refractivity contribution < 1.29 is 13.2 Å². The molecule has 86 valence electrons. The minimum Gasteiger partial charge on any atom is -0.171 e. The Morgan fingerprint density at radius 3 is 1.14 bits per heavy atom. The van der Waals surface area contributed by atoms with E-state index in [1.807, 2.05) is 41.5 Å². The van der Waals surface area contributed by atoms with E-state index >= 15 is 0 Å². The van der Waals surface area contributed by atoms with Gasteiger partial charge >= 0.3 is 6.18 Å². The van der Waals surface area contributed by atoms with Crippen LogP contribution in [0.3, 0.4) is 0 Å². The van der Waals surface area contributed by atoms with E-state index in [4.69, 9.17) is 0 Å². The molecule has 0 unspecified atom stereocenters. The summed E-state index contributed by atoms with van der Waals surface area (Å²) in [7, 11) is 0. The van der Waals surface area contributed by atoms with E-state index in [1.54, 1.807) is 0 Å². The minimum atomic E-state index is -4.06. The first-order valence-electron chi connectivity index (χ1n) is 4.91. The van der Waals surface area contributed by atoms with Crippen LogP contribution in [0.25, 0.3) is 0 Å². The molecule has 0 nitrogen and oxygen atoms in total. The van der Waals surface area contributed by atoms with Crippen LogP contribution in [0.5, 0.6) is 0 Å². The van der Waals surface area contributed by atoms with E-state index < -0.39 is 12.6 Å².